The van der Waals surface area contributed by atoms with Crippen molar-refractivity contribution in [2.75, 3.05) is 18.2 Å². The van der Waals surface area contributed by atoms with Crippen LogP contribution in [0.5, 0.6) is 5.75 Å². The lowest BCUT2D eigenvalue weighted by Gasteiger charge is -2.19. The molecule has 21 heavy (non-hydrogen) atoms. The van der Waals surface area contributed by atoms with Gasteiger partial charge in [0.15, 0.2) is 11.6 Å². The quantitative estimate of drug-likeness (QED) is 0.785. The number of nitrogens with one attached hydrogen (secondary N) is 1. The van der Waals surface area contributed by atoms with E-state index in [9.17, 15) is 4.39 Å². The van der Waals surface area contributed by atoms with Crippen molar-refractivity contribution in [2.24, 2.45) is 0 Å². The predicted octanol–water partition coefficient (Wildman–Crippen LogP) is 4.90. The van der Waals surface area contributed by atoms with Crippen molar-refractivity contribution in [2.45, 2.75) is 13.0 Å². The Labute approximate surface area is 132 Å². The third kappa shape index (κ3) is 3.52. The van der Waals surface area contributed by atoms with Crippen LogP contribution in [-0.4, -0.2) is 7.11 Å². The summed E-state index contributed by atoms with van der Waals surface area (Å²) >= 11 is 12.1. The van der Waals surface area contributed by atoms with Crippen molar-refractivity contribution < 1.29 is 9.13 Å². The van der Waals surface area contributed by atoms with Crippen LogP contribution in [0.25, 0.3) is 0 Å². The standard InChI is InChI=1S/C15H15Cl2FN2O/c1-8(10-4-3-9(16)5-11(10)17)20-14-7-15(21-2)12(18)6-13(14)19/h3-8,20H,19H2,1-2H3. The molecule has 0 aromatic heterocycles. The third-order valence-corrected chi connectivity index (χ3v) is 3.69. The molecule has 0 radical (unpaired) electrons. The van der Waals surface area contributed by atoms with Gasteiger partial charge in [0.25, 0.3) is 0 Å². The van der Waals surface area contributed by atoms with E-state index >= 15 is 0 Å². The van der Waals surface area contributed by atoms with Crippen molar-refractivity contribution in [3.8, 4) is 5.75 Å². The van der Waals surface area contributed by atoms with E-state index in [2.05, 4.69) is 5.32 Å². The normalized spacial score (nSPS) is 12.0. The Morgan fingerprint density at radius 2 is 1.95 bits per heavy atom. The lowest BCUT2D eigenvalue weighted by atomic mass is 10.1. The number of ether oxygens (including phenoxy) is 1. The molecule has 0 amide bonds. The molecule has 0 saturated carbocycles. The first-order valence-corrected chi connectivity index (χ1v) is 7.02. The van der Waals surface area contributed by atoms with Gasteiger partial charge in [0.05, 0.1) is 24.5 Å². The Kier molecular flexibility index (Phi) is 4.80. The molecule has 0 heterocycles. The molecule has 0 bridgehead atoms. The van der Waals surface area contributed by atoms with Crippen LogP contribution < -0.4 is 15.8 Å². The topological polar surface area (TPSA) is 47.3 Å². The Hall–Kier alpha value is -1.65. The largest absolute Gasteiger partial charge is 0.494 e. The third-order valence-electron chi connectivity index (χ3n) is 3.12. The van der Waals surface area contributed by atoms with Crippen molar-refractivity contribution in [3.63, 3.8) is 0 Å². The van der Waals surface area contributed by atoms with Crippen molar-refractivity contribution in [1.82, 2.24) is 0 Å². The Morgan fingerprint density at radius 3 is 2.57 bits per heavy atom. The highest BCUT2D eigenvalue weighted by Gasteiger charge is 2.14. The number of nitrogens with two attached hydrogens (primary N) is 1. The van der Waals surface area contributed by atoms with E-state index in [1.54, 1.807) is 12.1 Å². The maximum Gasteiger partial charge on any atom is 0.167 e. The monoisotopic (exact) mass is 328 g/mol. The van der Waals surface area contributed by atoms with Gasteiger partial charge in [0, 0.05) is 22.2 Å². The van der Waals surface area contributed by atoms with Gasteiger partial charge in [-0.3, -0.25) is 0 Å². The summed E-state index contributed by atoms with van der Waals surface area (Å²) in [5.74, 6) is -0.376. The van der Waals surface area contributed by atoms with Gasteiger partial charge in [0.2, 0.25) is 0 Å². The van der Waals surface area contributed by atoms with Gasteiger partial charge in [-0.15, -0.1) is 0 Å². The molecular weight excluding hydrogens is 314 g/mol. The Balaban J connectivity index is 2.29. The van der Waals surface area contributed by atoms with Gasteiger partial charge >= 0.3 is 0 Å². The SMILES string of the molecule is COc1cc(NC(C)c2ccc(Cl)cc2Cl)c(N)cc1F. The molecular formula is C15H15Cl2FN2O. The zero-order valence-corrected chi connectivity index (χ0v) is 13.1. The molecule has 2 aromatic carbocycles. The van der Waals surface area contributed by atoms with Crippen LogP contribution in [0.4, 0.5) is 15.8 Å². The summed E-state index contributed by atoms with van der Waals surface area (Å²) in [6.07, 6.45) is 0. The highest BCUT2D eigenvalue weighted by molar-refractivity contribution is 6.35. The van der Waals surface area contributed by atoms with Gasteiger partial charge < -0.3 is 15.8 Å². The van der Waals surface area contributed by atoms with Crippen LogP contribution in [0.2, 0.25) is 10.0 Å². The highest BCUT2D eigenvalue weighted by atomic mass is 35.5. The van der Waals surface area contributed by atoms with Crippen molar-refractivity contribution in [1.29, 1.82) is 0 Å². The van der Waals surface area contributed by atoms with E-state index in [0.717, 1.165) is 5.56 Å². The summed E-state index contributed by atoms with van der Waals surface area (Å²) in [5.41, 5.74) is 7.56. The van der Waals surface area contributed by atoms with Gasteiger partial charge in [-0.25, -0.2) is 4.39 Å². The van der Waals surface area contributed by atoms with E-state index in [1.807, 2.05) is 13.0 Å². The van der Waals surface area contributed by atoms with E-state index in [0.29, 0.717) is 21.4 Å². The molecule has 0 saturated heterocycles. The lowest BCUT2D eigenvalue weighted by molar-refractivity contribution is 0.387. The van der Waals surface area contributed by atoms with Crippen LogP contribution >= 0.6 is 23.2 Å². The average molecular weight is 329 g/mol. The van der Waals surface area contributed by atoms with Gasteiger partial charge in [-0.05, 0) is 24.6 Å². The molecule has 0 aliphatic carbocycles. The number of methoxy groups -OCH3 is 1. The molecule has 0 spiro atoms. The summed E-state index contributed by atoms with van der Waals surface area (Å²) in [4.78, 5) is 0. The molecule has 0 aliphatic heterocycles. The molecule has 2 aromatic rings. The fourth-order valence-corrected chi connectivity index (χ4v) is 2.59. The number of halogens is 3. The summed E-state index contributed by atoms with van der Waals surface area (Å²) < 4.78 is 18.5. The zero-order chi connectivity index (χ0) is 15.6. The first-order valence-electron chi connectivity index (χ1n) is 6.27. The number of anilines is 2. The molecule has 2 rings (SSSR count). The van der Waals surface area contributed by atoms with Crippen molar-refractivity contribution in [3.05, 3.63) is 51.8 Å². The van der Waals surface area contributed by atoms with Crippen LogP contribution in [-0.2, 0) is 0 Å². The van der Waals surface area contributed by atoms with Crippen LogP contribution in [0, 0.1) is 5.82 Å². The van der Waals surface area contributed by atoms with Crippen LogP contribution in [0.3, 0.4) is 0 Å². The lowest BCUT2D eigenvalue weighted by Crippen LogP contribution is -2.09. The molecule has 112 valence electrons. The summed E-state index contributed by atoms with van der Waals surface area (Å²) in [6, 6.07) is 7.87. The minimum Gasteiger partial charge on any atom is -0.494 e. The summed E-state index contributed by atoms with van der Waals surface area (Å²) in [6.45, 7) is 1.92. The molecule has 1 atom stereocenters. The van der Waals surface area contributed by atoms with Crippen LogP contribution in [0.1, 0.15) is 18.5 Å². The van der Waals surface area contributed by atoms with E-state index in [-0.39, 0.29) is 11.8 Å². The second-order valence-electron chi connectivity index (χ2n) is 4.61. The second kappa shape index (κ2) is 6.41. The molecule has 0 aliphatic rings. The maximum atomic E-state index is 13.5. The molecule has 6 heteroatoms. The van der Waals surface area contributed by atoms with Gasteiger partial charge in [-0.1, -0.05) is 29.3 Å². The second-order valence-corrected chi connectivity index (χ2v) is 5.45. The number of hydrogen-bond donors (Lipinski definition) is 2. The highest BCUT2D eigenvalue weighted by Crippen LogP contribution is 2.33. The van der Waals surface area contributed by atoms with E-state index in [1.165, 1.54) is 19.2 Å². The number of benzene rings is 2. The number of rotatable bonds is 4. The maximum absolute atomic E-state index is 13.5. The van der Waals surface area contributed by atoms with Crippen LogP contribution in [0.15, 0.2) is 30.3 Å². The predicted molar refractivity (Wildman–Crippen MR) is 85.9 cm³/mol. The smallest absolute Gasteiger partial charge is 0.167 e. The number of hydrogen-bond acceptors (Lipinski definition) is 3. The molecule has 0 fully saturated rings. The molecule has 3 nitrogen and oxygen atoms in total. The molecule has 1 unspecified atom stereocenters. The first kappa shape index (κ1) is 15.7. The fourth-order valence-electron chi connectivity index (χ4n) is 2.01. The number of nitrogen functional groups attached to an aromatic ring is 1. The van der Waals surface area contributed by atoms with E-state index < -0.39 is 5.82 Å². The first-order chi connectivity index (χ1) is 9.92. The summed E-state index contributed by atoms with van der Waals surface area (Å²) in [5, 5.41) is 4.31. The van der Waals surface area contributed by atoms with E-state index in [4.69, 9.17) is 33.7 Å². The molecule has 3 N–H and O–H groups in total. The Morgan fingerprint density at radius 1 is 1.24 bits per heavy atom. The average Bonchev–Trinajstić information content (AvgIpc) is 2.41. The Bertz CT molecular complexity index is 664. The van der Waals surface area contributed by atoms with Crippen molar-refractivity contribution >= 4 is 34.6 Å². The summed E-state index contributed by atoms with van der Waals surface area (Å²) in [7, 11) is 1.40. The zero-order valence-electron chi connectivity index (χ0n) is 11.6. The fraction of sp³-hybridized carbons (Fsp3) is 0.200. The minimum absolute atomic E-state index is 0.126. The minimum atomic E-state index is -0.502. The van der Waals surface area contributed by atoms with Gasteiger partial charge in [0.1, 0.15) is 0 Å². The van der Waals surface area contributed by atoms with Gasteiger partial charge in [-0.2, -0.15) is 0 Å².